The molecule has 3 aromatic heterocycles. The molecule has 0 saturated heterocycles. The SMILES string of the molecule is C=CN=C(/C=C\C)N(c1cc(C)c2ccc3c(N(c4ccccn4)c4cccc5c4oc4ccccc45)cc(C)c4ccc1c2c43)c1cccc2c1oc1ccccc12. The van der Waals surface area contributed by atoms with Gasteiger partial charge in [-0.2, -0.15) is 0 Å². The highest BCUT2D eigenvalue weighted by molar-refractivity contribution is 6.31. The van der Waals surface area contributed by atoms with Crippen LogP contribution in [0.15, 0.2) is 184 Å². The summed E-state index contributed by atoms with van der Waals surface area (Å²) in [6, 6.07) is 48.9. The Morgan fingerprint density at radius 2 is 1.10 bits per heavy atom. The van der Waals surface area contributed by atoms with E-state index in [-0.39, 0.29) is 0 Å². The molecule has 6 heteroatoms. The third-order valence-corrected chi connectivity index (χ3v) is 11.6. The second kappa shape index (κ2) is 13.5. The van der Waals surface area contributed by atoms with Crippen LogP contribution < -0.4 is 9.80 Å². The van der Waals surface area contributed by atoms with E-state index in [1.807, 2.05) is 61.7 Å². The fourth-order valence-electron chi connectivity index (χ4n) is 9.14. The van der Waals surface area contributed by atoms with E-state index >= 15 is 0 Å². The average molecular weight is 763 g/mol. The van der Waals surface area contributed by atoms with Crippen LogP contribution in [0, 0.1) is 13.8 Å². The first-order chi connectivity index (χ1) is 29.0. The van der Waals surface area contributed by atoms with Gasteiger partial charge in [0.25, 0.3) is 0 Å². The zero-order valence-electron chi connectivity index (χ0n) is 32.9. The second-order valence-electron chi connectivity index (χ2n) is 15.0. The minimum absolute atomic E-state index is 0.724. The van der Waals surface area contributed by atoms with Crippen molar-refractivity contribution < 1.29 is 8.83 Å². The van der Waals surface area contributed by atoms with Gasteiger partial charge in [0.05, 0.1) is 22.7 Å². The topological polar surface area (TPSA) is 58.0 Å². The molecule has 0 amide bonds. The molecule has 282 valence electrons. The van der Waals surface area contributed by atoms with Crippen molar-refractivity contribution in [2.45, 2.75) is 20.8 Å². The maximum atomic E-state index is 6.67. The molecule has 0 aliphatic carbocycles. The fourth-order valence-corrected chi connectivity index (χ4v) is 9.14. The van der Waals surface area contributed by atoms with Crippen molar-refractivity contribution in [1.29, 1.82) is 0 Å². The number of fused-ring (bicyclic) bond motifs is 6. The largest absolute Gasteiger partial charge is 0.454 e. The zero-order valence-corrected chi connectivity index (χ0v) is 32.9. The number of aliphatic imine (C=N–C) groups is 1. The van der Waals surface area contributed by atoms with E-state index in [4.69, 9.17) is 18.8 Å². The number of allylic oxidation sites excluding steroid dienone is 1. The Bertz CT molecular complexity index is 3520. The molecule has 0 atom stereocenters. The Morgan fingerprint density at radius 1 is 0.559 bits per heavy atom. The first-order valence-electron chi connectivity index (χ1n) is 19.9. The highest BCUT2D eigenvalue weighted by atomic mass is 16.3. The Labute approximate surface area is 340 Å². The lowest BCUT2D eigenvalue weighted by atomic mass is 9.88. The predicted molar refractivity (Wildman–Crippen MR) is 248 cm³/mol. The Balaban J connectivity index is 1.23. The molecule has 11 aromatic rings. The standard InChI is InChI=1S/C53H38N4O2/c1-5-15-48(54-6-2)56(42-20-13-18-38-36-16-7-9-22-46(36)58-52(38)42)44-30-32(3)34-26-28-41-45(31-33(4)35-25-27-40(44)50(34)51(35)41)57(49-24-11-12-29-55-49)43-21-14-19-39-37-17-8-10-23-47(37)59-53(39)43/h5-31H,2H2,1,3-4H3/b15-5-,54-48?. The van der Waals surface area contributed by atoms with Crippen LogP contribution in [0.25, 0.3) is 76.2 Å². The molecule has 0 saturated carbocycles. The summed E-state index contributed by atoms with van der Waals surface area (Å²) in [5, 5.41) is 11.2. The summed E-state index contributed by atoms with van der Waals surface area (Å²) >= 11 is 0. The predicted octanol–water partition coefficient (Wildman–Crippen LogP) is 15.1. The van der Waals surface area contributed by atoms with Gasteiger partial charge in [-0.15, -0.1) is 0 Å². The van der Waals surface area contributed by atoms with Gasteiger partial charge in [0.2, 0.25) is 0 Å². The molecule has 3 heterocycles. The van der Waals surface area contributed by atoms with Crippen LogP contribution in [0.3, 0.4) is 0 Å². The summed E-state index contributed by atoms with van der Waals surface area (Å²) in [6.07, 6.45) is 7.50. The number of aromatic nitrogens is 1. The normalized spacial score (nSPS) is 12.4. The van der Waals surface area contributed by atoms with Crippen LogP contribution in [-0.4, -0.2) is 10.8 Å². The monoisotopic (exact) mass is 762 g/mol. The molecule has 0 N–H and O–H groups in total. The molecule has 0 bridgehead atoms. The Hall–Kier alpha value is -7.70. The summed E-state index contributed by atoms with van der Waals surface area (Å²) in [5.41, 5.74) is 9.44. The Kier molecular flexibility index (Phi) is 7.88. The molecule has 59 heavy (non-hydrogen) atoms. The lowest BCUT2D eigenvalue weighted by molar-refractivity contribution is 0.669. The van der Waals surface area contributed by atoms with Gasteiger partial charge in [0.15, 0.2) is 11.2 Å². The van der Waals surface area contributed by atoms with Crippen LogP contribution in [0.4, 0.5) is 28.6 Å². The number of aryl methyl sites for hydroxylation is 2. The number of amidine groups is 1. The van der Waals surface area contributed by atoms with Crippen LogP contribution in [-0.2, 0) is 0 Å². The Morgan fingerprint density at radius 3 is 1.71 bits per heavy atom. The lowest BCUT2D eigenvalue weighted by Crippen LogP contribution is -2.24. The third kappa shape index (κ3) is 5.19. The van der Waals surface area contributed by atoms with Crippen LogP contribution in [0.2, 0.25) is 0 Å². The number of nitrogens with zero attached hydrogens (tertiary/aromatic N) is 4. The summed E-state index contributed by atoms with van der Waals surface area (Å²) < 4.78 is 13.3. The van der Waals surface area contributed by atoms with Gasteiger partial charge in [-0.1, -0.05) is 104 Å². The molecule has 0 aliphatic heterocycles. The van der Waals surface area contributed by atoms with Gasteiger partial charge >= 0.3 is 0 Å². The number of hydrogen-bond acceptors (Lipinski definition) is 5. The van der Waals surface area contributed by atoms with E-state index in [2.05, 4.69) is 133 Å². The lowest BCUT2D eigenvalue weighted by Gasteiger charge is -2.29. The number of furan rings is 2. The highest BCUT2D eigenvalue weighted by Crippen LogP contribution is 2.50. The van der Waals surface area contributed by atoms with Crippen LogP contribution in [0.1, 0.15) is 18.1 Å². The quantitative estimate of drug-likeness (QED) is 0.0919. The van der Waals surface area contributed by atoms with Crippen LogP contribution in [0.5, 0.6) is 0 Å². The zero-order chi connectivity index (χ0) is 39.8. The molecule has 0 radical (unpaired) electrons. The number of hydrogen-bond donors (Lipinski definition) is 0. The molecular formula is C53H38N4O2. The summed E-state index contributed by atoms with van der Waals surface area (Å²) in [7, 11) is 0. The smallest absolute Gasteiger partial charge is 0.159 e. The van der Waals surface area contributed by atoms with E-state index in [1.165, 1.54) is 21.5 Å². The number of pyridine rings is 1. The van der Waals surface area contributed by atoms with Gasteiger partial charge in [-0.05, 0) is 108 Å². The third-order valence-electron chi connectivity index (χ3n) is 11.6. The van der Waals surface area contributed by atoms with Gasteiger partial charge in [0, 0.05) is 44.7 Å². The van der Waals surface area contributed by atoms with Crippen LogP contribution >= 0.6 is 0 Å². The number of benzene rings is 8. The van der Waals surface area contributed by atoms with Crippen molar-refractivity contribution in [3.8, 4) is 0 Å². The van der Waals surface area contributed by atoms with E-state index in [0.717, 1.165) is 100 Å². The minimum atomic E-state index is 0.724. The minimum Gasteiger partial charge on any atom is -0.454 e. The number of anilines is 5. The van der Waals surface area contributed by atoms with Crippen molar-refractivity contribution in [1.82, 2.24) is 4.98 Å². The van der Waals surface area contributed by atoms with Crippen molar-refractivity contribution in [2.75, 3.05) is 9.80 Å². The summed E-state index contributed by atoms with van der Waals surface area (Å²) in [5.74, 6) is 1.52. The first kappa shape index (κ1) is 34.5. The molecule has 0 spiro atoms. The first-order valence-corrected chi connectivity index (χ1v) is 19.9. The van der Waals surface area contributed by atoms with Gasteiger partial charge in [-0.3, -0.25) is 9.80 Å². The molecule has 0 aliphatic rings. The second-order valence-corrected chi connectivity index (χ2v) is 15.0. The molecule has 11 rings (SSSR count). The molecule has 0 unspecified atom stereocenters. The maximum Gasteiger partial charge on any atom is 0.159 e. The van der Waals surface area contributed by atoms with Crippen molar-refractivity contribution in [3.63, 3.8) is 0 Å². The molecule has 8 aromatic carbocycles. The van der Waals surface area contributed by atoms with E-state index in [9.17, 15) is 0 Å². The van der Waals surface area contributed by atoms with E-state index in [0.29, 0.717) is 0 Å². The van der Waals surface area contributed by atoms with E-state index < -0.39 is 0 Å². The van der Waals surface area contributed by atoms with Gasteiger partial charge in [0.1, 0.15) is 22.8 Å². The molecule has 6 nitrogen and oxygen atoms in total. The average Bonchev–Trinajstić information content (AvgIpc) is 3.85. The molecular weight excluding hydrogens is 725 g/mol. The summed E-state index contributed by atoms with van der Waals surface area (Å²) in [4.78, 5) is 14.3. The van der Waals surface area contributed by atoms with Gasteiger partial charge < -0.3 is 8.83 Å². The molecule has 0 fully saturated rings. The highest BCUT2D eigenvalue weighted by Gasteiger charge is 2.27. The maximum absolute atomic E-state index is 6.67. The summed E-state index contributed by atoms with van der Waals surface area (Å²) in [6.45, 7) is 10.4. The number of para-hydroxylation sites is 4. The van der Waals surface area contributed by atoms with Crippen molar-refractivity contribution in [3.05, 3.63) is 182 Å². The number of rotatable bonds is 7. The van der Waals surface area contributed by atoms with E-state index in [1.54, 1.807) is 6.20 Å². The van der Waals surface area contributed by atoms with Crippen molar-refractivity contribution >= 4 is 111 Å². The van der Waals surface area contributed by atoms with Gasteiger partial charge in [-0.25, -0.2) is 9.98 Å². The fraction of sp³-hybridized carbons (Fsp3) is 0.0566. The van der Waals surface area contributed by atoms with Crippen molar-refractivity contribution in [2.24, 2.45) is 4.99 Å².